The van der Waals surface area contributed by atoms with Crippen LogP contribution in [0.25, 0.3) is 0 Å². The van der Waals surface area contributed by atoms with Gasteiger partial charge in [-0.15, -0.1) is 0 Å². The fraction of sp³-hybridized carbons (Fsp3) is 0.769. The molecule has 0 aromatic rings. The zero-order valence-electron chi connectivity index (χ0n) is 12.2. The summed E-state index contributed by atoms with van der Waals surface area (Å²) in [4.78, 5) is 34.2. The second-order valence-electron chi connectivity index (χ2n) is 6.14. The number of ether oxygens (including phenoxy) is 1. The number of nitrogens with one attached hydrogen (secondary N) is 1. The zero-order valence-corrected chi connectivity index (χ0v) is 12.2. The highest BCUT2D eigenvalue weighted by atomic mass is 16.6. The van der Waals surface area contributed by atoms with Crippen LogP contribution in [-0.2, 0) is 14.3 Å². The highest BCUT2D eigenvalue weighted by Crippen LogP contribution is 2.37. The Morgan fingerprint density at radius 1 is 1.14 bits per heavy atom. The summed E-state index contributed by atoms with van der Waals surface area (Å²) in [5, 5.41) is 30.0. The molecule has 1 aliphatic carbocycles. The number of aliphatic hydroxyl groups is 1. The summed E-state index contributed by atoms with van der Waals surface area (Å²) in [5.74, 6) is -5.35. The maximum Gasteiger partial charge on any atom is 0.407 e. The van der Waals surface area contributed by atoms with E-state index >= 15 is 0 Å². The molecule has 4 atom stereocenters. The molecular formula is C13H21NO7. The molecule has 1 saturated carbocycles. The summed E-state index contributed by atoms with van der Waals surface area (Å²) in [6, 6.07) is -0.983. The van der Waals surface area contributed by atoms with Gasteiger partial charge in [-0.3, -0.25) is 9.59 Å². The smallest absolute Gasteiger partial charge is 0.407 e. The Kier molecular flexibility index (Phi) is 5.16. The molecule has 0 spiro atoms. The van der Waals surface area contributed by atoms with Crippen LogP contribution in [0.3, 0.4) is 0 Å². The predicted molar refractivity (Wildman–Crippen MR) is 70.6 cm³/mol. The van der Waals surface area contributed by atoms with E-state index in [-0.39, 0.29) is 6.42 Å². The second-order valence-corrected chi connectivity index (χ2v) is 6.14. The van der Waals surface area contributed by atoms with E-state index in [1.165, 1.54) is 0 Å². The van der Waals surface area contributed by atoms with Crippen LogP contribution < -0.4 is 5.32 Å². The summed E-state index contributed by atoms with van der Waals surface area (Å²) in [5.41, 5.74) is -0.762. The summed E-state index contributed by atoms with van der Waals surface area (Å²) in [7, 11) is 0. The molecule has 1 aliphatic rings. The number of carboxylic acids is 2. The number of carbonyl (C=O) groups is 3. The van der Waals surface area contributed by atoms with Gasteiger partial charge in [0, 0.05) is 12.5 Å². The van der Waals surface area contributed by atoms with Gasteiger partial charge in [-0.25, -0.2) is 4.79 Å². The van der Waals surface area contributed by atoms with Crippen molar-refractivity contribution in [3.05, 3.63) is 0 Å². The van der Waals surface area contributed by atoms with Crippen LogP contribution in [0.1, 0.15) is 27.2 Å². The van der Waals surface area contributed by atoms with Gasteiger partial charge in [0.15, 0.2) is 0 Å². The summed E-state index contributed by atoms with van der Waals surface area (Å²) < 4.78 is 5.04. The van der Waals surface area contributed by atoms with Gasteiger partial charge in [0.1, 0.15) is 5.60 Å². The molecule has 1 fully saturated rings. The van der Waals surface area contributed by atoms with E-state index in [4.69, 9.17) is 9.84 Å². The van der Waals surface area contributed by atoms with Crippen molar-refractivity contribution >= 4 is 18.0 Å². The lowest BCUT2D eigenvalue weighted by molar-refractivity contribution is -0.143. The molecule has 0 bridgehead atoms. The highest BCUT2D eigenvalue weighted by molar-refractivity contribution is 5.78. The number of hydrogen-bond donors (Lipinski definition) is 4. The van der Waals surface area contributed by atoms with Crippen molar-refractivity contribution in [3.63, 3.8) is 0 Å². The van der Waals surface area contributed by atoms with E-state index in [0.717, 1.165) is 0 Å². The van der Waals surface area contributed by atoms with E-state index in [2.05, 4.69) is 5.32 Å². The average Bonchev–Trinajstić information content (AvgIpc) is 2.64. The van der Waals surface area contributed by atoms with E-state index in [0.29, 0.717) is 0 Å². The van der Waals surface area contributed by atoms with Crippen molar-refractivity contribution in [2.75, 3.05) is 6.61 Å². The Hall–Kier alpha value is -1.83. The van der Waals surface area contributed by atoms with Crippen LogP contribution in [0.4, 0.5) is 4.79 Å². The first kappa shape index (κ1) is 17.2. The molecule has 8 heteroatoms. The van der Waals surface area contributed by atoms with Gasteiger partial charge in [0.25, 0.3) is 0 Å². The SMILES string of the molecule is CC(C)(C)OC(=O)N[C@H]1[C@@H](CO)[C@H](C(=O)O)C[C@@H]1C(=O)O. The van der Waals surface area contributed by atoms with E-state index < -0.39 is 54.0 Å². The molecular weight excluding hydrogens is 282 g/mol. The molecule has 21 heavy (non-hydrogen) atoms. The molecule has 0 radical (unpaired) electrons. The summed E-state index contributed by atoms with van der Waals surface area (Å²) in [6.45, 7) is 4.43. The molecule has 0 aliphatic heterocycles. The highest BCUT2D eigenvalue weighted by Gasteiger charge is 2.50. The van der Waals surface area contributed by atoms with Crippen LogP contribution in [0.5, 0.6) is 0 Å². The Balaban J connectivity index is 2.90. The van der Waals surface area contributed by atoms with E-state index in [1.54, 1.807) is 20.8 Å². The average molecular weight is 303 g/mol. The monoisotopic (exact) mass is 303 g/mol. The minimum absolute atomic E-state index is 0.143. The second kappa shape index (κ2) is 6.30. The van der Waals surface area contributed by atoms with Gasteiger partial charge in [0.2, 0.25) is 0 Å². The van der Waals surface area contributed by atoms with Gasteiger partial charge >= 0.3 is 18.0 Å². The lowest BCUT2D eigenvalue weighted by Gasteiger charge is -2.26. The Morgan fingerprint density at radius 3 is 2.05 bits per heavy atom. The van der Waals surface area contributed by atoms with Crippen molar-refractivity contribution in [2.24, 2.45) is 17.8 Å². The van der Waals surface area contributed by atoms with Crippen molar-refractivity contribution in [2.45, 2.75) is 38.8 Å². The van der Waals surface area contributed by atoms with Crippen LogP contribution in [0.15, 0.2) is 0 Å². The van der Waals surface area contributed by atoms with Crippen molar-refractivity contribution in [1.82, 2.24) is 5.32 Å². The molecule has 4 N–H and O–H groups in total. The topological polar surface area (TPSA) is 133 Å². The number of aliphatic carboxylic acids is 2. The first-order chi connectivity index (χ1) is 9.56. The quantitative estimate of drug-likeness (QED) is 0.586. The van der Waals surface area contributed by atoms with Crippen molar-refractivity contribution < 1.29 is 34.4 Å². The fourth-order valence-electron chi connectivity index (χ4n) is 2.57. The summed E-state index contributed by atoms with van der Waals surface area (Å²) >= 11 is 0. The van der Waals surface area contributed by atoms with Gasteiger partial charge in [-0.05, 0) is 27.2 Å². The normalized spacial score (nSPS) is 29.0. The number of hydrogen-bond acceptors (Lipinski definition) is 5. The van der Waals surface area contributed by atoms with Gasteiger partial charge in [-0.2, -0.15) is 0 Å². The van der Waals surface area contributed by atoms with Crippen LogP contribution in [-0.4, -0.2) is 51.6 Å². The van der Waals surface area contributed by atoms with Crippen LogP contribution in [0, 0.1) is 17.8 Å². The fourth-order valence-corrected chi connectivity index (χ4v) is 2.57. The molecule has 8 nitrogen and oxygen atoms in total. The molecule has 1 rings (SSSR count). The van der Waals surface area contributed by atoms with E-state index in [9.17, 15) is 24.6 Å². The standard InChI is InChI=1S/C13H21NO7/c1-13(2,3)21-12(20)14-9-7(11(18)19)4-6(10(16)17)8(9)5-15/h6-9,15H,4-5H2,1-3H3,(H,14,20)(H,16,17)(H,18,19)/t6-,7+,8+,9-/m1/s1. The number of carbonyl (C=O) groups excluding carboxylic acids is 1. The molecule has 1 amide bonds. The largest absolute Gasteiger partial charge is 0.481 e. The lowest BCUT2D eigenvalue weighted by Crippen LogP contribution is -2.47. The third-order valence-corrected chi connectivity index (χ3v) is 3.45. The number of aliphatic hydroxyl groups excluding tert-OH is 1. The van der Waals surface area contributed by atoms with E-state index in [1.807, 2.05) is 0 Å². The maximum atomic E-state index is 11.8. The molecule has 0 aromatic carbocycles. The van der Waals surface area contributed by atoms with Gasteiger partial charge < -0.3 is 25.4 Å². The number of amides is 1. The van der Waals surface area contributed by atoms with Crippen molar-refractivity contribution in [3.8, 4) is 0 Å². The summed E-state index contributed by atoms with van der Waals surface area (Å²) in [6.07, 6.45) is -0.973. The number of alkyl carbamates (subject to hydrolysis) is 1. The first-order valence-corrected chi connectivity index (χ1v) is 6.62. The maximum absolute atomic E-state index is 11.8. The Labute approximate surface area is 122 Å². The lowest BCUT2D eigenvalue weighted by atomic mass is 9.94. The predicted octanol–water partition coefficient (Wildman–Crippen LogP) is 0.294. The Bertz CT molecular complexity index is 429. The molecule has 0 saturated heterocycles. The third kappa shape index (κ3) is 4.32. The number of rotatable bonds is 4. The van der Waals surface area contributed by atoms with Gasteiger partial charge in [0.05, 0.1) is 17.9 Å². The molecule has 120 valence electrons. The minimum atomic E-state index is -1.21. The number of carboxylic acid groups (broad SMARTS) is 2. The molecule has 0 aromatic heterocycles. The molecule has 0 heterocycles. The third-order valence-electron chi connectivity index (χ3n) is 3.45. The van der Waals surface area contributed by atoms with Crippen LogP contribution >= 0.6 is 0 Å². The van der Waals surface area contributed by atoms with Crippen molar-refractivity contribution in [1.29, 1.82) is 0 Å². The minimum Gasteiger partial charge on any atom is -0.481 e. The molecule has 0 unspecified atom stereocenters. The van der Waals surface area contributed by atoms with Gasteiger partial charge in [-0.1, -0.05) is 0 Å². The van der Waals surface area contributed by atoms with Crippen LogP contribution in [0.2, 0.25) is 0 Å². The Morgan fingerprint density at radius 2 is 1.67 bits per heavy atom. The first-order valence-electron chi connectivity index (χ1n) is 6.62. The zero-order chi connectivity index (χ0) is 16.4.